The molecule has 3 atom stereocenters. The molecule has 8 heteroatoms. The highest BCUT2D eigenvalue weighted by Crippen LogP contribution is 2.48. The molecule has 7 nitrogen and oxygen atoms in total. The van der Waals surface area contributed by atoms with Gasteiger partial charge in [0, 0.05) is 23.5 Å². The zero-order chi connectivity index (χ0) is 25.4. The number of hydrogen-bond acceptors (Lipinski definition) is 7. The largest absolute Gasteiger partial charge is 0.550 e. The molecule has 2 aliphatic rings. The molecule has 0 bridgehead atoms. The van der Waals surface area contributed by atoms with Crippen LogP contribution >= 0.6 is 0 Å². The smallest absolute Gasteiger partial charge is 0.213 e. The molecule has 1 aliphatic heterocycles. The summed E-state index contributed by atoms with van der Waals surface area (Å²) >= 11 is 0. The maximum absolute atomic E-state index is 14.5. The number of nitrogens with zero attached hydrogens (tertiary/aromatic N) is 3. The molecule has 188 valence electrons. The molecule has 0 spiro atoms. The molecular weight excluding hydrogens is 461 g/mol. The summed E-state index contributed by atoms with van der Waals surface area (Å²) in [6.45, 7) is 3.68. The molecule has 2 aromatic heterocycles. The van der Waals surface area contributed by atoms with Crippen molar-refractivity contribution < 1.29 is 23.8 Å². The number of aliphatic carboxylic acids is 1. The first-order valence-corrected chi connectivity index (χ1v) is 12.5. The van der Waals surface area contributed by atoms with Gasteiger partial charge in [0.2, 0.25) is 5.88 Å². The summed E-state index contributed by atoms with van der Waals surface area (Å²) in [5.41, 5.74) is 4.18. The highest BCUT2D eigenvalue weighted by Gasteiger charge is 2.37. The number of aryl methyl sites for hydroxylation is 2. The van der Waals surface area contributed by atoms with E-state index >= 15 is 0 Å². The van der Waals surface area contributed by atoms with Crippen molar-refractivity contribution in [1.29, 1.82) is 0 Å². The molecule has 1 saturated carbocycles. The topological polar surface area (TPSA) is 97.3 Å². The molecule has 0 amide bonds. The molecule has 1 aliphatic carbocycles. The van der Waals surface area contributed by atoms with E-state index < -0.39 is 17.7 Å². The van der Waals surface area contributed by atoms with Gasteiger partial charge in [-0.05, 0) is 61.1 Å². The van der Waals surface area contributed by atoms with Crippen LogP contribution in [-0.2, 0) is 17.6 Å². The number of carbonyl (C=O) groups excluding carboxylic acids is 1. The molecule has 1 aromatic carbocycles. The monoisotopic (exact) mass is 490 g/mol. The van der Waals surface area contributed by atoms with Crippen LogP contribution in [0.4, 0.5) is 4.39 Å². The highest BCUT2D eigenvalue weighted by molar-refractivity contribution is 5.69. The lowest BCUT2D eigenvalue weighted by molar-refractivity contribution is -0.311. The average molecular weight is 491 g/mol. The molecule has 36 heavy (non-hydrogen) atoms. The van der Waals surface area contributed by atoms with Gasteiger partial charge in [-0.15, -0.1) is 0 Å². The summed E-state index contributed by atoms with van der Waals surface area (Å²) in [6.07, 6.45) is 6.66. The Hall–Kier alpha value is -3.55. The number of benzene rings is 1. The third kappa shape index (κ3) is 4.64. The van der Waals surface area contributed by atoms with Crippen LogP contribution in [0.5, 0.6) is 11.6 Å². The number of fused-ring (bicyclic) bond motifs is 1. The number of ether oxygens (including phenoxy) is 2. The van der Waals surface area contributed by atoms with Gasteiger partial charge in [-0.3, -0.25) is 9.97 Å². The molecule has 3 heterocycles. The number of pyridine rings is 1. The fraction of sp³-hybridized carbons (Fsp3) is 0.429. The first-order valence-electron chi connectivity index (χ1n) is 12.5. The van der Waals surface area contributed by atoms with Crippen molar-refractivity contribution in [3.05, 3.63) is 65.0 Å². The zero-order valence-corrected chi connectivity index (χ0v) is 20.7. The van der Waals surface area contributed by atoms with E-state index in [2.05, 4.69) is 9.97 Å². The molecule has 5 rings (SSSR count). The van der Waals surface area contributed by atoms with Crippen molar-refractivity contribution in [3.63, 3.8) is 0 Å². The molecule has 0 radical (unpaired) electrons. The van der Waals surface area contributed by atoms with Gasteiger partial charge in [0.05, 0.1) is 36.6 Å². The quantitative estimate of drug-likeness (QED) is 0.467. The van der Waals surface area contributed by atoms with E-state index in [1.165, 1.54) is 13.2 Å². The normalized spacial score (nSPS) is 18.6. The third-order valence-electron chi connectivity index (χ3n) is 7.28. The minimum Gasteiger partial charge on any atom is -0.550 e. The van der Waals surface area contributed by atoms with E-state index in [9.17, 15) is 14.3 Å². The summed E-state index contributed by atoms with van der Waals surface area (Å²) in [5.74, 6) is -0.718. The molecule has 3 aromatic rings. The van der Waals surface area contributed by atoms with Crippen LogP contribution in [0.3, 0.4) is 0 Å². The van der Waals surface area contributed by atoms with E-state index in [1.54, 1.807) is 13.1 Å². The lowest BCUT2D eigenvalue weighted by Crippen LogP contribution is -2.34. The molecule has 0 N–H and O–H groups in total. The Kier molecular flexibility index (Phi) is 6.60. The van der Waals surface area contributed by atoms with Crippen LogP contribution in [0.25, 0.3) is 11.3 Å². The lowest BCUT2D eigenvalue weighted by Gasteiger charge is -2.29. The number of halogens is 1. The summed E-state index contributed by atoms with van der Waals surface area (Å²) < 4.78 is 26.1. The van der Waals surface area contributed by atoms with E-state index in [0.29, 0.717) is 40.9 Å². The third-order valence-corrected chi connectivity index (χ3v) is 7.28. The Bertz CT molecular complexity index is 1290. The predicted octanol–water partition coefficient (Wildman–Crippen LogP) is 4.19. The Balaban J connectivity index is 1.43. The van der Waals surface area contributed by atoms with Crippen molar-refractivity contribution in [2.24, 2.45) is 11.8 Å². The summed E-state index contributed by atoms with van der Waals surface area (Å²) in [6, 6.07) is 7.60. The van der Waals surface area contributed by atoms with Gasteiger partial charge in [0.25, 0.3) is 0 Å². The summed E-state index contributed by atoms with van der Waals surface area (Å²) in [7, 11) is 1.48. The number of methoxy groups -OCH3 is 1. The van der Waals surface area contributed by atoms with E-state index in [0.717, 1.165) is 48.8 Å². The van der Waals surface area contributed by atoms with E-state index in [1.807, 2.05) is 25.1 Å². The zero-order valence-electron chi connectivity index (χ0n) is 20.7. The van der Waals surface area contributed by atoms with Crippen LogP contribution in [0.2, 0.25) is 0 Å². The van der Waals surface area contributed by atoms with Gasteiger partial charge in [0.15, 0.2) is 5.82 Å². The first-order chi connectivity index (χ1) is 17.4. The number of hydrogen-bond donors (Lipinski definition) is 0. The van der Waals surface area contributed by atoms with Gasteiger partial charge in [0.1, 0.15) is 11.9 Å². The number of carboxylic acid groups (broad SMARTS) is 1. The average Bonchev–Trinajstić information content (AvgIpc) is 3.73. The van der Waals surface area contributed by atoms with Gasteiger partial charge >= 0.3 is 0 Å². The van der Waals surface area contributed by atoms with E-state index in [-0.39, 0.29) is 12.0 Å². The second-order valence-electron chi connectivity index (χ2n) is 9.63. The SMILES string of the molecule is CCc1nc(C2CCc3ccc([C@H](C4CC4)[C@H](C)C(=O)[O-])cc3O2)cnc1-c1cc(OC)ncc1F. The number of carbonyl (C=O) groups is 1. The Morgan fingerprint density at radius 2 is 2.03 bits per heavy atom. The maximum Gasteiger partial charge on any atom is 0.213 e. The van der Waals surface area contributed by atoms with Gasteiger partial charge in [-0.2, -0.15) is 0 Å². The van der Waals surface area contributed by atoms with Crippen LogP contribution in [0, 0.1) is 17.7 Å². The standard InChI is InChI=1S/C28H30FN3O4/c1-4-21-27(19-12-25(35-3)30-13-20(19)29)31-14-22(32-21)23-10-9-16-5-8-18(11-24(16)36-23)26(17-6-7-17)15(2)28(33)34/h5,8,11-15,17,23,26H,4,6-7,9-10H2,1-3H3,(H,33,34)/p-1/t15-,23?,26-/m0/s1. The van der Waals surface area contributed by atoms with Crippen molar-refractivity contribution in [2.45, 2.75) is 58.0 Å². The van der Waals surface area contributed by atoms with Crippen LogP contribution in [-0.4, -0.2) is 28.0 Å². The van der Waals surface area contributed by atoms with Gasteiger partial charge in [-0.1, -0.05) is 26.0 Å². The van der Waals surface area contributed by atoms with Crippen molar-refractivity contribution in [1.82, 2.24) is 15.0 Å². The minimum absolute atomic E-state index is 0.0812. The highest BCUT2D eigenvalue weighted by atomic mass is 19.1. The molecule has 0 saturated heterocycles. The van der Waals surface area contributed by atoms with Crippen LogP contribution in [0.1, 0.15) is 67.6 Å². The molecule has 1 unspecified atom stereocenters. The fourth-order valence-electron chi connectivity index (χ4n) is 5.15. The number of carboxylic acids is 1. The van der Waals surface area contributed by atoms with Gasteiger partial charge < -0.3 is 19.4 Å². The van der Waals surface area contributed by atoms with Crippen molar-refractivity contribution in [2.75, 3.05) is 7.11 Å². The summed E-state index contributed by atoms with van der Waals surface area (Å²) in [4.78, 5) is 24.9. The van der Waals surface area contributed by atoms with Crippen molar-refractivity contribution >= 4 is 5.97 Å². The Morgan fingerprint density at radius 3 is 2.72 bits per heavy atom. The molecule has 1 fully saturated rings. The lowest BCUT2D eigenvalue weighted by atomic mass is 9.82. The molecular formula is C28H29FN3O4-. The van der Waals surface area contributed by atoms with Crippen LogP contribution < -0.4 is 14.6 Å². The van der Waals surface area contributed by atoms with E-state index in [4.69, 9.17) is 14.5 Å². The Labute approximate surface area is 209 Å². The first kappa shape index (κ1) is 24.2. The second-order valence-corrected chi connectivity index (χ2v) is 9.63. The summed E-state index contributed by atoms with van der Waals surface area (Å²) in [5, 5.41) is 11.6. The second kappa shape index (κ2) is 9.84. The number of rotatable bonds is 8. The van der Waals surface area contributed by atoms with Gasteiger partial charge in [-0.25, -0.2) is 9.37 Å². The Morgan fingerprint density at radius 1 is 1.22 bits per heavy atom. The number of aromatic nitrogens is 3. The minimum atomic E-state index is -1.02. The predicted molar refractivity (Wildman–Crippen MR) is 129 cm³/mol. The fourth-order valence-corrected chi connectivity index (χ4v) is 5.15. The van der Waals surface area contributed by atoms with Crippen molar-refractivity contribution in [3.8, 4) is 22.9 Å². The van der Waals surface area contributed by atoms with Crippen LogP contribution in [0.15, 0.2) is 36.7 Å². The maximum atomic E-state index is 14.5.